The zero-order valence-electron chi connectivity index (χ0n) is 25.5. The lowest BCUT2D eigenvalue weighted by molar-refractivity contribution is 0.603. The molecule has 4 nitrogen and oxygen atoms in total. The van der Waals surface area contributed by atoms with Crippen molar-refractivity contribution in [1.29, 1.82) is 0 Å². The van der Waals surface area contributed by atoms with E-state index in [4.69, 9.17) is 19.4 Å². The van der Waals surface area contributed by atoms with Gasteiger partial charge < -0.3 is 4.42 Å². The lowest BCUT2D eigenvalue weighted by atomic mass is 9.91. The molecule has 0 aliphatic carbocycles. The Morgan fingerprint density at radius 3 is 1.74 bits per heavy atom. The number of fused-ring (bicyclic) bond motifs is 1. The highest BCUT2D eigenvalue weighted by Gasteiger charge is 2.20. The summed E-state index contributed by atoms with van der Waals surface area (Å²) in [7, 11) is 0. The maximum atomic E-state index is 6.31. The van der Waals surface area contributed by atoms with Gasteiger partial charge in [-0.2, -0.15) is 0 Å². The van der Waals surface area contributed by atoms with Gasteiger partial charge in [-0.15, -0.1) is 0 Å². The summed E-state index contributed by atoms with van der Waals surface area (Å²) in [5, 5.41) is 0.915. The fourth-order valence-corrected chi connectivity index (χ4v) is 5.70. The van der Waals surface area contributed by atoms with Crippen LogP contribution in [0.4, 0.5) is 0 Å². The molecule has 0 atom stereocenters. The first-order valence-electron chi connectivity index (χ1n) is 15.2. The van der Waals surface area contributed by atoms with Crippen LogP contribution in [0.5, 0.6) is 0 Å². The van der Waals surface area contributed by atoms with E-state index in [9.17, 15) is 0 Å². The first-order chi connectivity index (χ1) is 22.6. The van der Waals surface area contributed by atoms with Crippen molar-refractivity contribution in [2.75, 3.05) is 0 Å². The normalized spacial score (nSPS) is 11.2. The van der Waals surface area contributed by atoms with E-state index in [2.05, 4.69) is 67.8 Å². The molecule has 7 aromatic rings. The Kier molecular flexibility index (Phi) is 7.76. The standard InChI is InChI=1S/C42H31N3O/c1-4-15-29-24-34(26-35(25-29)30-16-9-6-10-17-30)28(3)39-36-27-33(22-23-38(36)46-37(39)5-2)42-44-40(31-18-11-7-12-19-31)43-41(45-42)32-20-13-8-14-21-32/h4-27H,2-3H2,1H3/b15-4+. The van der Waals surface area contributed by atoms with E-state index in [1.807, 2.05) is 91.9 Å². The minimum absolute atomic E-state index is 0.578. The molecule has 2 heterocycles. The summed E-state index contributed by atoms with van der Waals surface area (Å²) in [6.07, 6.45) is 5.91. The number of hydrogen-bond donors (Lipinski definition) is 0. The Morgan fingerprint density at radius 1 is 0.609 bits per heavy atom. The molecule has 0 saturated heterocycles. The molecular weight excluding hydrogens is 562 g/mol. The third kappa shape index (κ3) is 5.60. The molecule has 7 rings (SSSR count). The Balaban J connectivity index is 1.39. The Hall–Kier alpha value is -6.13. The molecular formula is C42H31N3O. The van der Waals surface area contributed by atoms with Crippen molar-refractivity contribution >= 4 is 28.7 Å². The number of benzene rings is 5. The van der Waals surface area contributed by atoms with Crippen LogP contribution in [0.3, 0.4) is 0 Å². The van der Waals surface area contributed by atoms with E-state index in [0.717, 1.165) is 61.0 Å². The molecule has 0 saturated carbocycles. The van der Waals surface area contributed by atoms with Gasteiger partial charge in [0.15, 0.2) is 17.5 Å². The van der Waals surface area contributed by atoms with Gasteiger partial charge in [-0.1, -0.05) is 116 Å². The molecule has 0 fully saturated rings. The van der Waals surface area contributed by atoms with Crippen LogP contribution in [-0.4, -0.2) is 15.0 Å². The van der Waals surface area contributed by atoms with Gasteiger partial charge in [0, 0.05) is 27.6 Å². The summed E-state index contributed by atoms with van der Waals surface area (Å²) in [6.45, 7) is 10.7. The number of hydrogen-bond acceptors (Lipinski definition) is 4. The maximum absolute atomic E-state index is 6.31. The minimum atomic E-state index is 0.578. The second kappa shape index (κ2) is 12.5. The topological polar surface area (TPSA) is 51.8 Å². The van der Waals surface area contributed by atoms with E-state index in [0.29, 0.717) is 23.2 Å². The van der Waals surface area contributed by atoms with Crippen molar-refractivity contribution in [2.45, 2.75) is 6.92 Å². The molecule has 5 aromatic carbocycles. The number of furan rings is 1. The smallest absolute Gasteiger partial charge is 0.164 e. The summed E-state index contributed by atoms with van der Waals surface area (Å²) >= 11 is 0. The Bertz CT molecular complexity index is 2170. The van der Waals surface area contributed by atoms with Crippen molar-refractivity contribution in [1.82, 2.24) is 15.0 Å². The average Bonchev–Trinajstić information content (AvgIpc) is 3.50. The van der Waals surface area contributed by atoms with Crippen molar-refractivity contribution in [3.63, 3.8) is 0 Å². The maximum Gasteiger partial charge on any atom is 0.164 e. The molecule has 4 heteroatoms. The highest BCUT2D eigenvalue weighted by molar-refractivity contribution is 6.00. The van der Waals surface area contributed by atoms with Crippen molar-refractivity contribution in [3.8, 4) is 45.3 Å². The first-order valence-corrected chi connectivity index (χ1v) is 15.2. The lowest BCUT2D eigenvalue weighted by Crippen LogP contribution is -2.00. The summed E-state index contributed by atoms with van der Waals surface area (Å²) in [5.41, 5.74) is 9.54. The first kappa shape index (κ1) is 28.6. The molecule has 0 aliphatic rings. The highest BCUT2D eigenvalue weighted by atomic mass is 16.3. The van der Waals surface area contributed by atoms with Crippen molar-refractivity contribution < 1.29 is 4.42 Å². The van der Waals surface area contributed by atoms with Crippen LogP contribution in [0, 0.1) is 0 Å². The van der Waals surface area contributed by atoms with Crippen LogP contribution in [0.2, 0.25) is 0 Å². The summed E-state index contributed by atoms with van der Waals surface area (Å²) < 4.78 is 6.31. The predicted molar refractivity (Wildman–Crippen MR) is 191 cm³/mol. The van der Waals surface area contributed by atoms with Gasteiger partial charge in [-0.05, 0) is 77.2 Å². The second-order valence-corrected chi connectivity index (χ2v) is 11.0. The predicted octanol–water partition coefficient (Wildman–Crippen LogP) is 11.0. The molecule has 220 valence electrons. The quantitative estimate of drug-likeness (QED) is 0.176. The van der Waals surface area contributed by atoms with E-state index in [1.54, 1.807) is 6.08 Å². The number of aromatic nitrogens is 3. The van der Waals surface area contributed by atoms with Crippen LogP contribution in [-0.2, 0) is 0 Å². The zero-order valence-corrected chi connectivity index (χ0v) is 25.5. The molecule has 0 spiro atoms. The van der Waals surface area contributed by atoms with Gasteiger partial charge in [0.1, 0.15) is 11.3 Å². The molecule has 0 radical (unpaired) electrons. The Morgan fingerprint density at radius 2 is 1.17 bits per heavy atom. The third-order valence-corrected chi connectivity index (χ3v) is 7.93. The SMILES string of the molecule is C=Cc1oc2ccc(-c3nc(-c4ccccc4)nc(-c4ccccc4)n3)cc2c1C(=C)c1cc(/C=C/C)cc(-c2ccccc2)c1. The lowest BCUT2D eigenvalue weighted by Gasteiger charge is -2.12. The molecule has 0 N–H and O–H groups in total. The van der Waals surface area contributed by atoms with Gasteiger partial charge in [0.05, 0.1) is 0 Å². The van der Waals surface area contributed by atoms with Gasteiger partial charge in [-0.25, -0.2) is 15.0 Å². The fourth-order valence-electron chi connectivity index (χ4n) is 5.70. The van der Waals surface area contributed by atoms with Crippen LogP contribution in [0.25, 0.3) is 74.0 Å². The van der Waals surface area contributed by atoms with E-state index >= 15 is 0 Å². The highest BCUT2D eigenvalue weighted by Crippen LogP contribution is 2.38. The summed E-state index contributed by atoms with van der Waals surface area (Å²) in [4.78, 5) is 14.7. The van der Waals surface area contributed by atoms with Gasteiger partial charge in [0.25, 0.3) is 0 Å². The summed E-state index contributed by atoms with van der Waals surface area (Å²) in [6, 6.07) is 42.9. The van der Waals surface area contributed by atoms with Crippen molar-refractivity contribution in [2.24, 2.45) is 0 Å². The largest absolute Gasteiger partial charge is 0.456 e. The molecule has 0 unspecified atom stereocenters. The van der Waals surface area contributed by atoms with Crippen LogP contribution >= 0.6 is 0 Å². The molecule has 0 aliphatic heterocycles. The van der Waals surface area contributed by atoms with E-state index in [-0.39, 0.29) is 0 Å². The number of nitrogens with zero attached hydrogens (tertiary/aromatic N) is 3. The molecule has 2 aromatic heterocycles. The minimum Gasteiger partial charge on any atom is -0.456 e. The fraction of sp³-hybridized carbons (Fsp3) is 0.0238. The van der Waals surface area contributed by atoms with Crippen LogP contribution in [0.15, 0.2) is 151 Å². The van der Waals surface area contributed by atoms with Gasteiger partial charge in [0.2, 0.25) is 0 Å². The number of allylic oxidation sites excluding steroid dienone is 1. The Labute approximate surface area is 268 Å². The molecule has 0 amide bonds. The third-order valence-electron chi connectivity index (χ3n) is 7.93. The van der Waals surface area contributed by atoms with Gasteiger partial charge in [-0.3, -0.25) is 0 Å². The molecule has 46 heavy (non-hydrogen) atoms. The van der Waals surface area contributed by atoms with E-state index in [1.165, 1.54) is 0 Å². The zero-order chi connectivity index (χ0) is 31.5. The second-order valence-electron chi connectivity index (χ2n) is 11.0. The van der Waals surface area contributed by atoms with Crippen molar-refractivity contribution in [3.05, 3.63) is 169 Å². The summed E-state index contributed by atoms with van der Waals surface area (Å²) in [5.74, 6) is 2.47. The monoisotopic (exact) mass is 593 g/mol. The van der Waals surface area contributed by atoms with E-state index < -0.39 is 0 Å². The average molecular weight is 594 g/mol. The van der Waals surface area contributed by atoms with Crippen LogP contribution < -0.4 is 0 Å². The van der Waals surface area contributed by atoms with Gasteiger partial charge >= 0.3 is 0 Å². The number of rotatable bonds is 8. The molecule has 0 bridgehead atoms. The van der Waals surface area contributed by atoms with Crippen LogP contribution in [0.1, 0.15) is 29.4 Å².